The summed E-state index contributed by atoms with van der Waals surface area (Å²) in [5.41, 5.74) is 5.30. The Bertz CT molecular complexity index is 661. The Morgan fingerprint density at radius 1 is 1.04 bits per heavy atom. The number of rotatable bonds is 2. The van der Waals surface area contributed by atoms with Crippen molar-refractivity contribution in [1.29, 1.82) is 0 Å². The molecule has 1 aromatic rings. The predicted molar refractivity (Wildman–Crippen MR) is 107 cm³/mol. The summed E-state index contributed by atoms with van der Waals surface area (Å²) >= 11 is 0. The van der Waals surface area contributed by atoms with E-state index >= 15 is 0 Å². The number of carbonyl (C=O) groups is 1. The summed E-state index contributed by atoms with van der Waals surface area (Å²) in [5.74, 6) is 0.669. The van der Waals surface area contributed by atoms with Crippen LogP contribution in [0.15, 0.2) is 12.1 Å². The summed E-state index contributed by atoms with van der Waals surface area (Å²) in [7, 11) is 0. The van der Waals surface area contributed by atoms with Crippen LogP contribution in [0.3, 0.4) is 0 Å². The molecule has 0 unspecified atom stereocenters. The third-order valence-corrected chi connectivity index (χ3v) is 5.16. The number of carbonyl (C=O) groups excluding carboxylic acids is 1. The van der Waals surface area contributed by atoms with Gasteiger partial charge in [0.25, 0.3) is 0 Å². The minimum atomic E-state index is -0.438. The Balaban J connectivity index is 1.77. The minimum Gasteiger partial charge on any atom is -0.444 e. The van der Waals surface area contributed by atoms with Crippen molar-refractivity contribution >= 4 is 11.8 Å². The molecule has 0 atom stereocenters. The number of fused-ring (bicyclic) bond motifs is 2. The van der Waals surface area contributed by atoms with Gasteiger partial charge in [-0.3, -0.25) is 0 Å². The molecule has 4 nitrogen and oxygen atoms in total. The lowest BCUT2D eigenvalue weighted by Gasteiger charge is -2.33. The van der Waals surface area contributed by atoms with Crippen LogP contribution >= 0.6 is 0 Å². The molecule has 0 saturated heterocycles. The normalized spacial score (nSPS) is 17.6. The van der Waals surface area contributed by atoms with Crippen LogP contribution in [0.2, 0.25) is 0 Å². The van der Waals surface area contributed by atoms with Crippen molar-refractivity contribution in [2.45, 2.75) is 65.9 Å². The lowest BCUT2D eigenvalue weighted by atomic mass is 9.93. The third-order valence-electron chi connectivity index (χ3n) is 5.16. The van der Waals surface area contributed by atoms with Gasteiger partial charge in [0.2, 0.25) is 0 Å². The van der Waals surface area contributed by atoms with Crippen LogP contribution < -0.4 is 4.90 Å². The molecule has 2 aliphatic rings. The van der Waals surface area contributed by atoms with E-state index in [1.165, 1.54) is 35.2 Å². The van der Waals surface area contributed by atoms with Crippen molar-refractivity contribution in [1.82, 2.24) is 4.90 Å². The highest BCUT2D eigenvalue weighted by Crippen LogP contribution is 2.32. The van der Waals surface area contributed by atoms with E-state index in [1.54, 1.807) is 0 Å². The molecular formula is C22H34N2O2. The van der Waals surface area contributed by atoms with Crippen molar-refractivity contribution in [3.8, 4) is 0 Å². The quantitative estimate of drug-likeness (QED) is 0.784. The average molecular weight is 359 g/mol. The standard InChI is InChI=1S/C22H34N2O2/c1-16(2)15-24-10-6-7-19-13-17-8-11-23(21(25)26-22(3,4)5)12-9-18(17)14-20(19)24/h13-14,16H,6-12,15H2,1-5H3. The first kappa shape index (κ1) is 19.1. The fourth-order valence-corrected chi connectivity index (χ4v) is 4.03. The van der Waals surface area contributed by atoms with Crippen molar-refractivity contribution in [2.75, 3.05) is 31.1 Å². The van der Waals surface area contributed by atoms with E-state index in [9.17, 15) is 4.79 Å². The molecule has 0 spiro atoms. The van der Waals surface area contributed by atoms with Gasteiger partial charge in [0.05, 0.1) is 0 Å². The van der Waals surface area contributed by atoms with E-state index in [0.29, 0.717) is 5.92 Å². The van der Waals surface area contributed by atoms with Gasteiger partial charge in [-0.15, -0.1) is 0 Å². The van der Waals surface area contributed by atoms with Crippen molar-refractivity contribution in [3.63, 3.8) is 0 Å². The largest absolute Gasteiger partial charge is 0.444 e. The summed E-state index contributed by atoms with van der Waals surface area (Å²) in [5, 5.41) is 0. The molecule has 3 rings (SSSR count). The summed E-state index contributed by atoms with van der Waals surface area (Å²) < 4.78 is 5.57. The maximum absolute atomic E-state index is 12.4. The van der Waals surface area contributed by atoms with E-state index in [2.05, 4.69) is 30.9 Å². The van der Waals surface area contributed by atoms with Crippen LogP contribution in [0.1, 0.15) is 57.7 Å². The Kier molecular flexibility index (Phi) is 5.50. The van der Waals surface area contributed by atoms with E-state index in [4.69, 9.17) is 4.74 Å². The number of benzene rings is 1. The molecule has 0 bridgehead atoms. The average Bonchev–Trinajstić information content (AvgIpc) is 2.73. The molecule has 0 radical (unpaired) electrons. The number of hydrogen-bond acceptors (Lipinski definition) is 3. The molecule has 4 heteroatoms. The van der Waals surface area contributed by atoms with Gasteiger partial charge in [-0.05, 0) is 75.1 Å². The highest BCUT2D eigenvalue weighted by molar-refractivity contribution is 5.68. The van der Waals surface area contributed by atoms with Crippen LogP contribution in [0, 0.1) is 5.92 Å². The highest BCUT2D eigenvalue weighted by atomic mass is 16.6. The molecule has 26 heavy (non-hydrogen) atoms. The molecule has 0 aromatic heterocycles. The van der Waals surface area contributed by atoms with Crippen LogP contribution in [0.25, 0.3) is 0 Å². The van der Waals surface area contributed by atoms with Gasteiger partial charge in [0.1, 0.15) is 5.60 Å². The van der Waals surface area contributed by atoms with Crippen LogP contribution in [0.4, 0.5) is 10.5 Å². The Morgan fingerprint density at radius 2 is 1.69 bits per heavy atom. The van der Waals surface area contributed by atoms with Crippen LogP contribution in [0.5, 0.6) is 0 Å². The zero-order valence-electron chi connectivity index (χ0n) is 17.1. The molecule has 2 aliphatic heterocycles. The first-order chi connectivity index (χ1) is 12.2. The van der Waals surface area contributed by atoms with E-state index in [-0.39, 0.29) is 6.09 Å². The fraction of sp³-hybridized carbons (Fsp3) is 0.682. The molecule has 0 N–H and O–H groups in total. The zero-order valence-corrected chi connectivity index (χ0v) is 17.1. The topological polar surface area (TPSA) is 32.8 Å². The second kappa shape index (κ2) is 7.50. The van der Waals surface area contributed by atoms with E-state index in [1.807, 2.05) is 25.7 Å². The molecular weight excluding hydrogens is 324 g/mol. The predicted octanol–water partition coefficient (Wildman–Crippen LogP) is 4.43. The maximum atomic E-state index is 12.4. The van der Waals surface area contributed by atoms with E-state index < -0.39 is 5.60 Å². The van der Waals surface area contributed by atoms with Gasteiger partial charge in [0.15, 0.2) is 0 Å². The lowest BCUT2D eigenvalue weighted by molar-refractivity contribution is 0.0258. The Morgan fingerprint density at radius 3 is 2.31 bits per heavy atom. The van der Waals surface area contributed by atoms with Crippen molar-refractivity contribution in [2.24, 2.45) is 5.92 Å². The highest BCUT2D eigenvalue weighted by Gasteiger charge is 2.26. The van der Waals surface area contributed by atoms with Crippen molar-refractivity contribution in [3.05, 3.63) is 28.8 Å². The Hall–Kier alpha value is -1.71. The van der Waals surface area contributed by atoms with Gasteiger partial charge < -0.3 is 14.5 Å². The number of hydrogen-bond donors (Lipinski definition) is 0. The minimum absolute atomic E-state index is 0.184. The van der Waals surface area contributed by atoms with Crippen LogP contribution in [-0.4, -0.2) is 42.8 Å². The molecule has 2 heterocycles. The smallest absolute Gasteiger partial charge is 0.410 e. The second-order valence-corrected chi connectivity index (χ2v) is 9.16. The maximum Gasteiger partial charge on any atom is 0.410 e. The van der Waals surface area contributed by atoms with Gasteiger partial charge in [-0.1, -0.05) is 19.9 Å². The monoisotopic (exact) mass is 358 g/mol. The van der Waals surface area contributed by atoms with E-state index in [0.717, 1.165) is 39.0 Å². The zero-order chi connectivity index (χ0) is 18.9. The second-order valence-electron chi connectivity index (χ2n) is 9.16. The molecule has 144 valence electrons. The van der Waals surface area contributed by atoms with Gasteiger partial charge in [-0.25, -0.2) is 4.79 Å². The van der Waals surface area contributed by atoms with Gasteiger partial charge >= 0.3 is 6.09 Å². The Labute approximate surface area is 158 Å². The summed E-state index contributed by atoms with van der Waals surface area (Å²) in [6.45, 7) is 14.1. The lowest BCUT2D eigenvalue weighted by Crippen LogP contribution is -2.38. The SMILES string of the molecule is CC(C)CN1CCCc2cc3c(cc21)CCN(C(=O)OC(C)(C)C)CC3. The summed E-state index contributed by atoms with van der Waals surface area (Å²) in [6.07, 6.45) is 4.07. The molecule has 1 amide bonds. The molecule has 0 fully saturated rings. The first-order valence-corrected chi connectivity index (χ1v) is 10.1. The number of nitrogens with zero attached hydrogens (tertiary/aromatic N) is 2. The van der Waals surface area contributed by atoms with Gasteiger partial charge in [0, 0.05) is 31.9 Å². The fourth-order valence-electron chi connectivity index (χ4n) is 4.03. The number of ether oxygens (including phenoxy) is 1. The molecule has 0 saturated carbocycles. The molecule has 1 aromatic carbocycles. The third kappa shape index (κ3) is 4.52. The van der Waals surface area contributed by atoms with Crippen molar-refractivity contribution < 1.29 is 9.53 Å². The number of anilines is 1. The summed E-state index contributed by atoms with van der Waals surface area (Å²) in [6, 6.07) is 4.82. The van der Waals surface area contributed by atoms with Crippen LogP contribution in [-0.2, 0) is 24.0 Å². The summed E-state index contributed by atoms with van der Waals surface area (Å²) in [4.78, 5) is 16.9. The first-order valence-electron chi connectivity index (χ1n) is 10.1. The molecule has 0 aliphatic carbocycles. The number of amides is 1. The number of aryl methyl sites for hydroxylation is 1. The van der Waals surface area contributed by atoms with Gasteiger partial charge in [-0.2, -0.15) is 0 Å².